The molecule has 0 fully saturated rings. The average molecular weight is 314 g/mol. The van der Waals surface area contributed by atoms with Gasteiger partial charge < -0.3 is 9.15 Å². The highest BCUT2D eigenvalue weighted by Gasteiger charge is 2.26. The predicted molar refractivity (Wildman–Crippen MR) is 73.7 cm³/mol. The summed E-state index contributed by atoms with van der Waals surface area (Å²) in [7, 11) is 0. The number of ether oxygens (including phenoxy) is 1. The van der Waals surface area contributed by atoms with E-state index in [1.807, 2.05) is 18.2 Å². The van der Waals surface area contributed by atoms with Gasteiger partial charge in [-0.2, -0.15) is 13.2 Å². The molecule has 0 atom stereocenters. The summed E-state index contributed by atoms with van der Waals surface area (Å²) in [4.78, 5) is 0. The van der Waals surface area contributed by atoms with Crippen molar-refractivity contribution < 1.29 is 22.3 Å². The third-order valence-corrected chi connectivity index (χ3v) is 2.97. The van der Waals surface area contributed by atoms with Gasteiger partial charge in [0, 0.05) is 19.8 Å². The van der Waals surface area contributed by atoms with Crippen molar-refractivity contribution in [3.63, 3.8) is 0 Å². The Morgan fingerprint density at radius 2 is 2.00 bits per heavy atom. The van der Waals surface area contributed by atoms with Crippen LogP contribution in [0.4, 0.5) is 13.2 Å². The van der Waals surface area contributed by atoms with Gasteiger partial charge >= 0.3 is 6.18 Å². The minimum Gasteiger partial charge on any atom is -0.494 e. The van der Waals surface area contributed by atoms with E-state index >= 15 is 0 Å². The molecule has 0 N–H and O–H groups in total. The van der Waals surface area contributed by atoms with Crippen molar-refractivity contribution in [2.24, 2.45) is 0 Å². The fraction of sp³-hybridized carbons (Fsp3) is 0.467. The Bertz CT molecular complexity index is 596. The highest BCUT2D eigenvalue weighted by atomic mass is 19.4. The van der Waals surface area contributed by atoms with Gasteiger partial charge in [-0.15, -0.1) is 10.2 Å². The van der Waals surface area contributed by atoms with Gasteiger partial charge in [-0.05, 0) is 30.5 Å². The molecular weight excluding hydrogens is 297 g/mol. The molecule has 0 bridgehead atoms. The topological polar surface area (TPSA) is 48.2 Å². The monoisotopic (exact) mass is 314 g/mol. The number of benzene rings is 1. The second kappa shape index (κ2) is 7.29. The van der Waals surface area contributed by atoms with Crippen LogP contribution in [-0.4, -0.2) is 23.0 Å². The molecule has 0 aliphatic rings. The number of aryl methyl sites for hydroxylation is 3. The van der Waals surface area contributed by atoms with Crippen LogP contribution in [0.1, 0.15) is 30.2 Å². The molecule has 0 saturated carbocycles. The summed E-state index contributed by atoms with van der Waals surface area (Å²) in [6.45, 7) is 1.78. The predicted octanol–water partition coefficient (Wildman–Crippen LogP) is 3.88. The maximum atomic E-state index is 12.0. The first-order valence-corrected chi connectivity index (χ1v) is 7.00. The third kappa shape index (κ3) is 5.75. The van der Waals surface area contributed by atoms with Gasteiger partial charge in [0.05, 0.1) is 6.61 Å². The molecule has 22 heavy (non-hydrogen) atoms. The maximum absolute atomic E-state index is 12.0. The number of rotatable bonds is 7. The Balaban J connectivity index is 1.79. The van der Waals surface area contributed by atoms with Gasteiger partial charge in [0.25, 0.3) is 0 Å². The van der Waals surface area contributed by atoms with Crippen molar-refractivity contribution in [2.75, 3.05) is 6.61 Å². The summed E-state index contributed by atoms with van der Waals surface area (Å²) in [5.74, 6) is 1.66. The Morgan fingerprint density at radius 1 is 1.18 bits per heavy atom. The molecule has 0 spiro atoms. The summed E-state index contributed by atoms with van der Waals surface area (Å²) in [5.41, 5.74) is 1.00. The molecule has 0 unspecified atom stereocenters. The lowest BCUT2D eigenvalue weighted by atomic mass is 10.1. The molecule has 0 radical (unpaired) electrons. The normalized spacial score (nSPS) is 11.6. The molecule has 2 rings (SSSR count). The van der Waals surface area contributed by atoms with Crippen molar-refractivity contribution in [1.82, 2.24) is 10.2 Å². The van der Waals surface area contributed by atoms with Gasteiger partial charge in [0.1, 0.15) is 5.75 Å². The highest BCUT2D eigenvalue weighted by molar-refractivity contribution is 5.28. The first-order chi connectivity index (χ1) is 10.4. The lowest BCUT2D eigenvalue weighted by Gasteiger charge is -2.09. The van der Waals surface area contributed by atoms with Gasteiger partial charge in [-0.3, -0.25) is 0 Å². The van der Waals surface area contributed by atoms with E-state index in [-0.39, 0.29) is 13.0 Å². The number of halogens is 3. The van der Waals surface area contributed by atoms with E-state index in [4.69, 9.17) is 9.15 Å². The third-order valence-electron chi connectivity index (χ3n) is 2.97. The van der Waals surface area contributed by atoms with Crippen LogP contribution in [-0.2, 0) is 12.8 Å². The van der Waals surface area contributed by atoms with E-state index in [1.165, 1.54) is 0 Å². The number of aromatic nitrogens is 2. The van der Waals surface area contributed by atoms with Crippen molar-refractivity contribution in [3.8, 4) is 5.75 Å². The van der Waals surface area contributed by atoms with Crippen LogP contribution >= 0.6 is 0 Å². The zero-order chi connectivity index (χ0) is 16.0. The second-order valence-corrected chi connectivity index (χ2v) is 4.93. The second-order valence-electron chi connectivity index (χ2n) is 4.93. The van der Waals surface area contributed by atoms with Gasteiger partial charge in [0.2, 0.25) is 11.8 Å². The molecule has 1 aromatic carbocycles. The molecule has 0 amide bonds. The van der Waals surface area contributed by atoms with E-state index in [2.05, 4.69) is 10.2 Å². The van der Waals surface area contributed by atoms with Gasteiger partial charge in [0.15, 0.2) is 0 Å². The largest absolute Gasteiger partial charge is 0.494 e. The molecule has 0 aliphatic carbocycles. The van der Waals surface area contributed by atoms with Gasteiger partial charge in [-0.25, -0.2) is 0 Å². The van der Waals surface area contributed by atoms with Crippen LogP contribution in [0.25, 0.3) is 0 Å². The molecule has 0 saturated heterocycles. The minimum atomic E-state index is -4.13. The van der Waals surface area contributed by atoms with Crippen LogP contribution in [0, 0.1) is 6.92 Å². The highest BCUT2D eigenvalue weighted by Crippen LogP contribution is 2.22. The fourth-order valence-electron chi connectivity index (χ4n) is 1.94. The van der Waals surface area contributed by atoms with Crippen LogP contribution < -0.4 is 4.74 Å². The van der Waals surface area contributed by atoms with Crippen molar-refractivity contribution in [1.29, 1.82) is 0 Å². The summed E-state index contributed by atoms with van der Waals surface area (Å²) in [6.07, 6.45) is -3.70. The molecule has 2 aromatic rings. The number of hydrogen-bond donors (Lipinski definition) is 0. The van der Waals surface area contributed by atoms with Crippen LogP contribution in [0.2, 0.25) is 0 Å². The number of nitrogens with zero attached hydrogens (tertiary/aromatic N) is 2. The maximum Gasteiger partial charge on any atom is 0.389 e. The van der Waals surface area contributed by atoms with Crippen LogP contribution in [0.3, 0.4) is 0 Å². The summed E-state index contributed by atoms with van der Waals surface area (Å²) in [5, 5.41) is 7.67. The van der Waals surface area contributed by atoms with Crippen LogP contribution in [0.5, 0.6) is 5.75 Å². The van der Waals surface area contributed by atoms with E-state index in [9.17, 15) is 13.2 Å². The lowest BCUT2D eigenvalue weighted by molar-refractivity contribution is -0.136. The SMILES string of the molecule is Cc1nnc(CCc2cccc(OCCCC(F)(F)F)c2)o1. The van der Waals surface area contributed by atoms with E-state index in [1.54, 1.807) is 13.0 Å². The fourth-order valence-corrected chi connectivity index (χ4v) is 1.94. The first kappa shape index (κ1) is 16.3. The summed E-state index contributed by atoms with van der Waals surface area (Å²) >= 11 is 0. The van der Waals surface area contributed by atoms with Gasteiger partial charge in [-0.1, -0.05) is 12.1 Å². The van der Waals surface area contributed by atoms with E-state index in [0.29, 0.717) is 30.4 Å². The molecule has 4 nitrogen and oxygen atoms in total. The Hall–Kier alpha value is -2.05. The summed E-state index contributed by atoms with van der Waals surface area (Å²) in [6, 6.07) is 7.28. The zero-order valence-electron chi connectivity index (χ0n) is 12.2. The van der Waals surface area contributed by atoms with Crippen molar-refractivity contribution >= 4 is 0 Å². The Morgan fingerprint density at radius 3 is 2.68 bits per heavy atom. The lowest BCUT2D eigenvalue weighted by Crippen LogP contribution is -2.09. The molecule has 120 valence electrons. The molecular formula is C15H17F3N2O2. The van der Waals surface area contributed by atoms with Crippen molar-refractivity contribution in [3.05, 3.63) is 41.6 Å². The Kier molecular flexibility index (Phi) is 5.41. The standard InChI is InChI=1S/C15H17F3N2O2/c1-11-19-20-14(22-11)7-6-12-4-2-5-13(10-12)21-9-3-8-15(16,17)18/h2,4-5,10H,3,6-9H2,1H3. The zero-order valence-corrected chi connectivity index (χ0v) is 12.2. The van der Waals surface area contributed by atoms with Crippen molar-refractivity contribution in [2.45, 2.75) is 38.8 Å². The minimum absolute atomic E-state index is 0.0466. The average Bonchev–Trinajstić information content (AvgIpc) is 2.87. The van der Waals surface area contributed by atoms with E-state index < -0.39 is 12.6 Å². The molecule has 7 heteroatoms. The quantitative estimate of drug-likeness (QED) is 0.728. The Labute approximate surface area is 126 Å². The summed E-state index contributed by atoms with van der Waals surface area (Å²) < 4.78 is 46.7. The molecule has 1 heterocycles. The molecule has 1 aromatic heterocycles. The number of hydrogen-bond acceptors (Lipinski definition) is 4. The van der Waals surface area contributed by atoms with E-state index in [0.717, 1.165) is 5.56 Å². The smallest absolute Gasteiger partial charge is 0.389 e. The molecule has 0 aliphatic heterocycles. The first-order valence-electron chi connectivity index (χ1n) is 7.00. The number of alkyl halides is 3. The van der Waals surface area contributed by atoms with Crippen LogP contribution in [0.15, 0.2) is 28.7 Å².